The average Bonchev–Trinajstić information content (AvgIpc) is 2.60. The van der Waals surface area contributed by atoms with Gasteiger partial charge in [-0.25, -0.2) is 13.4 Å². The van der Waals surface area contributed by atoms with Crippen LogP contribution >= 0.6 is 11.3 Å². The lowest BCUT2D eigenvalue weighted by Crippen LogP contribution is -2.10. The van der Waals surface area contributed by atoms with Crippen LogP contribution in [0.25, 0.3) is 0 Å². The third-order valence-electron chi connectivity index (χ3n) is 1.98. The average molecular weight is 234 g/mol. The third-order valence-corrected chi connectivity index (χ3v) is 3.43. The van der Waals surface area contributed by atoms with Gasteiger partial charge in [-0.05, 0) is 12.8 Å². The van der Waals surface area contributed by atoms with Gasteiger partial charge < -0.3 is 5.11 Å². The van der Waals surface area contributed by atoms with Crippen LogP contribution in [0.4, 0.5) is 5.13 Å². The summed E-state index contributed by atoms with van der Waals surface area (Å²) in [5.74, 6) is 0. The summed E-state index contributed by atoms with van der Waals surface area (Å²) in [4.78, 5) is 4.01. The number of aliphatic hydroxyl groups is 1. The van der Waals surface area contributed by atoms with Crippen molar-refractivity contribution in [1.29, 1.82) is 0 Å². The fraction of sp³-hybridized carbons (Fsp3) is 0.571. The van der Waals surface area contributed by atoms with Gasteiger partial charge in [0.2, 0.25) is 10.0 Å². The van der Waals surface area contributed by atoms with Gasteiger partial charge in [0.15, 0.2) is 5.13 Å². The Hall–Kier alpha value is -0.660. The summed E-state index contributed by atoms with van der Waals surface area (Å²) in [5, 5.41) is 11.7. The molecule has 0 spiro atoms. The molecule has 0 unspecified atom stereocenters. The Kier molecular flexibility index (Phi) is 2.06. The van der Waals surface area contributed by atoms with Gasteiger partial charge in [0.1, 0.15) is 5.60 Å². The zero-order chi connectivity index (χ0) is 10.4. The van der Waals surface area contributed by atoms with E-state index in [1.165, 1.54) is 11.3 Å². The maximum absolute atomic E-state index is 10.9. The van der Waals surface area contributed by atoms with E-state index >= 15 is 0 Å². The van der Waals surface area contributed by atoms with Crippen LogP contribution in [-0.4, -0.2) is 24.8 Å². The lowest BCUT2D eigenvalue weighted by molar-refractivity contribution is 0.147. The molecule has 14 heavy (non-hydrogen) atoms. The maximum Gasteiger partial charge on any atom is 0.231 e. The SMILES string of the molecule is CS(=O)(=O)Nc1nc(C2(O)CC2)cs1. The van der Waals surface area contributed by atoms with E-state index in [0.717, 1.165) is 6.26 Å². The molecule has 2 rings (SSSR count). The van der Waals surface area contributed by atoms with Crippen molar-refractivity contribution in [3.05, 3.63) is 11.1 Å². The van der Waals surface area contributed by atoms with Crippen LogP contribution in [0.1, 0.15) is 18.5 Å². The molecule has 7 heteroatoms. The van der Waals surface area contributed by atoms with Gasteiger partial charge in [0.05, 0.1) is 11.9 Å². The second-order valence-electron chi connectivity index (χ2n) is 3.44. The molecule has 1 heterocycles. The topological polar surface area (TPSA) is 79.3 Å². The first-order chi connectivity index (χ1) is 6.39. The molecule has 1 saturated carbocycles. The summed E-state index contributed by atoms with van der Waals surface area (Å²) in [5.41, 5.74) is -0.234. The molecule has 2 N–H and O–H groups in total. The highest BCUT2D eigenvalue weighted by Crippen LogP contribution is 2.45. The molecular formula is C7H10N2O3S2. The van der Waals surface area contributed by atoms with E-state index in [2.05, 4.69) is 9.71 Å². The zero-order valence-corrected chi connectivity index (χ0v) is 9.15. The number of rotatable bonds is 3. The highest BCUT2D eigenvalue weighted by molar-refractivity contribution is 7.92. The van der Waals surface area contributed by atoms with Crippen LogP contribution in [0.5, 0.6) is 0 Å². The van der Waals surface area contributed by atoms with E-state index in [4.69, 9.17) is 0 Å². The van der Waals surface area contributed by atoms with Crippen LogP contribution in [0.3, 0.4) is 0 Å². The van der Waals surface area contributed by atoms with Crippen molar-refractivity contribution in [3.63, 3.8) is 0 Å². The molecular weight excluding hydrogens is 224 g/mol. The number of hydrogen-bond acceptors (Lipinski definition) is 5. The Balaban J connectivity index is 2.18. The molecule has 78 valence electrons. The van der Waals surface area contributed by atoms with Gasteiger partial charge in [-0.2, -0.15) is 0 Å². The fourth-order valence-corrected chi connectivity index (χ4v) is 2.72. The van der Waals surface area contributed by atoms with Gasteiger partial charge in [0.25, 0.3) is 0 Å². The number of aromatic nitrogens is 1. The van der Waals surface area contributed by atoms with Gasteiger partial charge in [0, 0.05) is 5.38 Å². The fourth-order valence-electron chi connectivity index (χ4n) is 1.07. The Morgan fingerprint density at radius 2 is 2.29 bits per heavy atom. The molecule has 0 saturated heterocycles. The van der Waals surface area contributed by atoms with Crippen molar-refractivity contribution in [2.75, 3.05) is 11.0 Å². The molecule has 0 bridgehead atoms. The quantitative estimate of drug-likeness (QED) is 0.798. The third kappa shape index (κ3) is 2.05. The predicted molar refractivity (Wildman–Crippen MR) is 53.7 cm³/mol. The summed E-state index contributed by atoms with van der Waals surface area (Å²) in [6.45, 7) is 0. The molecule has 5 nitrogen and oxygen atoms in total. The number of hydrogen-bond donors (Lipinski definition) is 2. The predicted octanol–water partition coefficient (Wildman–Crippen LogP) is 0.496. The zero-order valence-electron chi connectivity index (χ0n) is 7.52. The molecule has 0 amide bonds. The maximum atomic E-state index is 10.9. The minimum Gasteiger partial charge on any atom is -0.384 e. The Bertz CT molecular complexity index is 447. The van der Waals surface area contributed by atoms with Crippen molar-refractivity contribution in [3.8, 4) is 0 Å². The molecule has 0 atom stereocenters. The lowest BCUT2D eigenvalue weighted by atomic mass is 10.3. The van der Waals surface area contributed by atoms with Gasteiger partial charge >= 0.3 is 0 Å². The lowest BCUT2D eigenvalue weighted by Gasteiger charge is -2.01. The molecule has 1 aliphatic rings. The Morgan fingerprint density at radius 1 is 1.64 bits per heavy atom. The molecule has 0 aromatic carbocycles. The van der Waals surface area contributed by atoms with Crippen molar-refractivity contribution < 1.29 is 13.5 Å². The smallest absolute Gasteiger partial charge is 0.231 e. The van der Waals surface area contributed by atoms with E-state index in [1.807, 2.05) is 0 Å². The summed E-state index contributed by atoms with van der Waals surface area (Å²) in [6.07, 6.45) is 2.48. The van der Waals surface area contributed by atoms with E-state index in [0.29, 0.717) is 23.7 Å². The van der Waals surface area contributed by atoms with Crippen molar-refractivity contribution in [2.45, 2.75) is 18.4 Å². The summed E-state index contributed by atoms with van der Waals surface area (Å²) in [6, 6.07) is 0. The first-order valence-electron chi connectivity index (χ1n) is 4.05. The second kappa shape index (κ2) is 2.91. The van der Waals surface area contributed by atoms with E-state index in [1.54, 1.807) is 5.38 Å². The van der Waals surface area contributed by atoms with Gasteiger partial charge in [-0.1, -0.05) is 0 Å². The highest BCUT2D eigenvalue weighted by Gasteiger charge is 2.44. The van der Waals surface area contributed by atoms with Gasteiger partial charge in [-0.3, -0.25) is 4.72 Å². The van der Waals surface area contributed by atoms with Crippen LogP contribution in [0.15, 0.2) is 5.38 Å². The summed E-state index contributed by atoms with van der Waals surface area (Å²) in [7, 11) is -3.27. The van der Waals surface area contributed by atoms with Crippen LogP contribution < -0.4 is 4.72 Å². The van der Waals surface area contributed by atoms with E-state index in [-0.39, 0.29) is 0 Å². The molecule has 1 fully saturated rings. The van der Waals surface area contributed by atoms with E-state index in [9.17, 15) is 13.5 Å². The number of thiazole rings is 1. The van der Waals surface area contributed by atoms with Crippen LogP contribution in [0, 0.1) is 0 Å². The highest BCUT2D eigenvalue weighted by atomic mass is 32.2. The first kappa shape index (κ1) is 9.88. The van der Waals surface area contributed by atoms with E-state index < -0.39 is 15.6 Å². The normalized spacial score (nSPS) is 19.3. The molecule has 1 aromatic rings. The number of anilines is 1. The van der Waals surface area contributed by atoms with Crippen LogP contribution in [-0.2, 0) is 15.6 Å². The van der Waals surface area contributed by atoms with Crippen molar-refractivity contribution in [1.82, 2.24) is 4.98 Å². The largest absolute Gasteiger partial charge is 0.384 e. The minimum absolute atomic E-state index is 0.308. The molecule has 0 aliphatic heterocycles. The van der Waals surface area contributed by atoms with Gasteiger partial charge in [-0.15, -0.1) is 11.3 Å². The molecule has 0 radical (unpaired) electrons. The second-order valence-corrected chi connectivity index (χ2v) is 6.05. The summed E-state index contributed by atoms with van der Waals surface area (Å²) >= 11 is 1.18. The number of nitrogens with zero attached hydrogens (tertiary/aromatic N) is 1. The summed E-state index contributed by atoms with van der Waals surface area (Å²) < 4.78 is 24.0. The molecule has 1 aliphatic carbocycles. The number of sulfonamides is 1. The van der Waals surface area contributed by atoms with Crippen molar-refractivity contribution in [2.24, 2.45) is 0 Å². The Morgan fingerprint density at radius 3 is 2.79 bits per heavy atom. The van der Waals surface area contributed by atoms with Crippen LogP contribution in [0.2, 0.25) is 0 Å². The first-order valence-corrected chi connectivity index (χ1v) is 6.82. The standard InChI is InChI=1S/C7H10N2O3S2/c1-14(11,12)9-6-8-5(4-13-6)7(10)2-3-7/h4,10H,2-3H2,1H3,(H,8,9). The molecule has 1 aromatic heterocycles. The number of nitrogens with one attached hydrogen (secondary N) is 1. The van der Waals surface area contributed by atoms with Crippen molar-refractivity contribution >= 4 is 26.5 Å². The minimum atomic E-state index is -3.27. The monoisotopic (exact) mass is 234 g/mol. The Labute approximate surface area is 85.9 Å².